The molecule has 1 aliphatic heterocycles. The van der Waals surface area contributed by atoms with Gasteiger partial charge in [0, 0.05) is 29.8 Å². The zero-order valence-electron chi connectivity index (χ0n) is 17.7. The number of nitrogens with zero attached hydrogens (tertiary/aromatic N) is 3. The fraction of sp³-hybridized carbons (Fsp3) is 0.320. The summed E-state index contributed by atoms with van der Waals surface area (Å²) in [4.78, 5) is 18.6. The molecule has 1 saturated carbocycles. The van der Waals surface area contributed by atoms with Gasteiger partial charge in [0.05, 0.1) is 23.3 Å². The van der Waals surface area contributed by atoms with Crippen molar-refractivity contribution in [3.8, 4) is 5.69 Å². The molecule has 0 amide bonds. The van der Waals surface area contributed by atoms with Crippen LogP contribution in [0.25, 0.3) is 5.69 Å². The summed E-state index contributed by atoms with van der Waals surface area (Å²) in [5, 5.41) is 13.8. The minimum Gasteiger partial charge on any atom is -0.478 e. The maximum absolute atomic E-state index is 11.5. The van der Waals surface area contributed by atoms with Crippen LogP contribution in [0.4, 0.5) is 0 Å². The normalized spacial score (nSPS) is 21.5. The van der Waals surface area contributed by atoms with E-state index in [-0.39, 0.29) is 17.6 Å². The second-order valence-corrected chi connectivity index (χ2v) is 8.87. The number of benzene rings is 1. The molecule has 1 aliphatic carbocycles. The predicted octanol–water partition coefficient (Wildman–Crippen LogP) is 4.88. The molecule has 2 aliphatic rings. The van der Waals surface area contributed by atoms with Gasteiger partial charge >= 0.3 is 5.97 Å². The average molecular weight is 447 g/mol. The van der Waals surface area contributed by atoms with Gasteiger partial charge in [0.15, 0.2) is 5.11 Å². The number of hydrogen-bond acceptors (Lipinski definition) is 3. The van der Waals surface area contributed by atoms with E-state index in [1.54, 1.807) is 18.2 Å². The molecule has 5 rings (SSSR count). The number of thiocarbonyl (C=S) groups is 1. The Morgan fingerprint density at radius 1 is 1.06 bits per heavy atom. The van der Waals surface area contributed by atoms with E-state index >= 15 is 0 Å². The molecular weight excluding hydrogens is 420 g/mol. The van der Waals surface area contributed by atoms with Crippen LogP contribution >= 0.6 is 12.2 Å². The number of hydrogen-bond donors (Lipinski definition) is 2. The molecule has 0 spiro atoms. The molecule has 32 heavy (non-hydrogen) atoms. The molecule has 2 N–H and O–H groups in total. The molecule has 1 aromatic carbocycles. The molecule has 6 nitrogen and oxygen atoms in total. The monoisotopic (exact) mass is 446 g/mol. The fourth-order valence-corrected chi connectivity index (χ4v) is 5.48. The number of carboxylic acid groups (broad SMARTS) is 1. The highest BCUT2D eigenvalue weighted by molar-refractivity contribution is 7.80. The molecule has 1 saturated heterocycles. The zero-order valence-corrected chi connectivity index (χ0v) is 18.5. The molecule has 3 aromatic rings. The number of carboxylic acids is 1. The summed E-state index contributed by atoms with van der Waals surface area (Å²) in [6.07, 6.45) is 9.77. The van der Waals surface area contributed by atoms with E-state index in [4.69, 9.17) is 12.2 Å². The smallest absolute Gasteiger partial charge is 0.335 e. The van der Waals surface area contributed by atoms with E-state index in [1.165, 1.54) is 19.3 Å². The van der Waals surface area contributed by atoms with Gasteiger partial charge in [-0.1, -0.05) is 31.4 Å². The quantitative estimate of drug-likeness (QED) is 0.545. The second kappa shape index (κ2) is 8.74. The predicted molar refractivity (Wildman–Crippen MR) is 127 cm³/mol. The Balaban J connectivity index is 1.61. The van der Waals surface area contributed by atoms with Gasteiger partial charge in [-0.25, -0.2) is 4.79 Å². The third kappa shape index (κ3) is 3.77. The van der Waals surface area contributed by atoms with Gasteiger partial charge in [-0.2, -0.15) is 0 Å². The third-order valence-corrected chi connectivity index (χ3v) is 6.89. The summed E-state index contributed by atoms with van der Waals surface area (Å²) in [6, 6.07) is 17.4. The Bertz CT molecular complexity index is 1120. The highest BCUT2D eigenvalue weighted by Gasteiger charge is 2.44. The van der Waals surface area contributed by atoms with Crippen molar-refractivity contribution < 1.29 is 9.90 Å². The van der Waals surface area contributed by atoms with Gasteiger partial charge in [-0.05, 0) is 67.5 Å². The Labute approximate surface area is 192 Å². The van der Waals surface area contributed by atoms with Crippen LogP contribution in [0.2, 0.25) is 0 Å². The van der Waals surface area contributed by atoms with Crippen LogP contribution in [0.1, 0.15) is 65.9 Å². The third-order valence-electron chi connectivity index (χ3n) is 6.56. The highest BCUT2D eigenvalue weighted by Crippen LogP contribution is 2.43. The lowest BCUT2D eigenvalue weighted by atomic mass is 9.92. The number of aromatic nitrogens is 2. The van der Waals surface area contributed by atoms with E-state index in [2.05, 4.69) is 25.8 Å². The van der Waals surface area contributed by atoms with Crippen molar-refractivity contribution >= 4 is 23.3 Å². The molecule has 2 aromatic heterocycles. The summed E-state index contributed by atoms with van der Waals surface area (Å²) in [7, 11) is 0. The molecule has 2 atom stereocenters. The maximum Gasteiger partial charge on any atom is 0.335 e. The van der Waals surface area contributed by atoms with Gasteiger partial charge in [0.1, 0.15) is 0 Å². The van der Waals surface area contributed by atoms with Crippen molar-refractivity contribution in [3.63, 3.8) is 0 Å². The fourth-order valence-electron chi connectivity index (χ4n) is 5.09. The number of aromatic carboxylic acids is 1. The molecule has 2 fully saturated rings. The van der Waals surface area contributed by atoms with Crippen molar-refractivity contribution in [1.29, 1.82) is 0 Å². The van der Waals surface area contributed by atoms with Crippen LogP contribution in [0.15, 0.2) is 67.0 Å². The lowest BCUT2D eigenvalue weighted by molar-refractivity contribution is 0.0697. The molecule has 0 unspecified atom stereocenters. The lowest BCUT2D eigenvalue weighted by Crippen LogP contribution is -2.40. The largest absolute Gasteiger partial charge is 0.478 e. The van der Waals surface area contributed by atoms with Gasteiger partial charge in [-0.15, -0.1) is 0 Å². The molecule has 164 valence electrons. The minimum atomic E-state index is -0.931. The first kappa shape index (κ1) is 20.7. The summed E-state index contributed by atoms with van der Waals surface area (Å²) in [5.41, 5.74) is 3.12. The van der Waals surface area contributed by atoms with Crippen LogP contribution in [0.5, 0.6) is 0 Å². The zero-order chi connectivity index (χ0) is 22.1. The number of rotatable bonds is 5. The van der Waals surface area contributed by atoms with E-state index < -0.39 is 5.97 Å². The molecule has 3 heterocycles. The van der Waals surface area contributed by atoms with Crippen molar-refractivity contribution in [2.45, 2.75) is 50.2 Å². The Morgan fingerprint density at radius 3 is 2.66 bits per heavy atom. The standard InChI is InChI=1S/C25H26N4O2S/c30-24(31)17-8-6-11-19(16-17)28-15-7-13-21(28)23-22(20-12-4-5-14-26-20)27-25(32)29(23)18-9-2-1-3-10-18/h4-8,11-16,18,22-23H,1-3,9-10H2,(H,27,32)(H,30,31)/t22-,23-/m0/s1. The highest BCUT2D eigenvalue weighted by atomic mass is 32.1. The van der Waals surface area contributed by atoms with Crippen LogP contribution in [-0.4, -0.2) is 36.7 Å². The van der Waals surface area contributed by atoms with Gasteiger partial charge in [0.2, 0.25) is 0 Å². The Hall–Kier alpha value is -3.19. The number of nitrogens with one attached hydrogen (secondary N) is 1. The summed E-state index contributed by atoms with van der Waals surface area (Å²) in [6.45, 7) is 0. The average Bonchev–Trinajstić information content (AvgIpc) is 3.44. The van der Waals surface area contributed by atoms with Crippen LogP contribution in [0.3, 0.4) is 0 Å². The van der Waals surface area contributed by atoms with Crippen molar-refractivity contribution in [2.75, 3.05) is 0 Å². The van der Waals surface area contributed by atoms with Crippen LogP contribution in [-0.2, 0) is 0 Å². The van der Waals surface area contributed by atoms with Gasteiger partial charge in [0.25, 0.3) is 0 Å². The van der Waals surface area contributed by atoms with Crippen molar-refractivity contribution in [1.82, 2.24) is 19.8 Å². The van der Waals surface area contributed by atoms with Crippen molar-refractivity contribution in [3.05, 3.63) is 83.9 Å². The van der Waals surface area contributed by atoms with E-state index in [1.807, 2.05) is 42.7 Å². The Morgan fingerprint density at radius 2 is 1.91 bits per heavy atom. The SMILES string of the molecule is O=C(O)c1cccc(-n2cccc2[C@H]2[C@H](c3ccccn3)NC(=S)N2C2CCCCC2)c1. The van der Waals surface area contributed by atoms with E-state index in [9.17, 15) is 9.90 Å². The van der Waals surface area contributed by atoms with E-state index in [0.717, 1.165) is 35.0 Å². The van der Waals surface area contributed by atoms with E-state index in [0.29, 0.717) is 6.04 Å². The second-order valence-electron chi connectivity index (χ2n) is 8.48. The lowest BCUT2D eigenvalue weighted by Gasteiger charge is -2.37. The van der Waals surface area contributed by atoms with Gasteiger partial charge in [-0.3, -0.25) is 4.98 Å². The number of pyridine rings is 1. The molecule has 0 radical (unpaired) electrons. The minimum absolute atomic E-state index is 0.0380. The summed E-state index contributed by atoms with van der Waals surface area (Å²) in [5.74, 6) is -0.931. The van der Waals surface area contributed by atoms with Crippen LogP contribution < -0.4 is 5.32 Å². The summed E-state index contributed by atoms with van der Waals surface area (Å²) < 4.78 is 2.08. The first-order valence-electron chi connectivity index (χ1n) is 11.1. The van der Waals surface area contributed by atoms with Gasteiger partial charge < -0.3 is 19.9 Å². The first-order chi connectivity index (χ1) is 15.6. The molecular formula is C25H26N4O2S. The van der Waals surface area contributed by atoms with Crippen LogP contribution in [0, 0.1) is 0 Å². The Kier molecular flexibility index (Phi) is 5.66. The first-order valence-corrected chi connectivity index (χ1v) is 11.5. The summed E-state index contributed by atoms with van der Waals surface area (Å²) >= 11 is 5.86. The maximum atomic E-state index is 11.5. The molecule has 0 bridgehead atoms. The molecule has 7 heteroatoms. The topological polar surface area (TPSA) is 70.4 Å². The van der Waals surface area contributed by atoms with Crippen molar-refractivity contribution in [2.24, 2.45) is 0 Å². The number of carbonyl (C=O) groups is 1.